The Morgan fingerprint density at radius 1 is 1.21 bits per heavy atom. The van der Waals surface area contributed by atoms with Gasteiger partial charge in [-0.3, -0.25) is 4.79 Å². The van der Waals surface area contributed by atoms with Gasteiger partial charge in [0, 0.05) is 29.8 Å². The topological polar surface area (TPSA) is 62.2 Å². The minimum Gasteiger partial charge on any atom is -0.389 e. The fourth-order valence-corrected chi connectivity index (χ4v) is 5.55. The van der Waals surface area contributed by atoms with E-state index in [1.807, 2.05) is 36.4 Å². The van der Waals surface area contributed by atoms with Gasteiger partial charge < -0.3 is 10.4 Å². The second kappa shape index (κ2) is 9.31. The van der Waals surface area contributed by atoms with Crippen molar-refractivity contribution >= 4 is 40.6 Å². The fraction of sp³-hybridized carbons (Fsp3) is 0.440. The Morgan fingerprint density at radius 3 is 2.55 bits per heavy atom. The Labute approximate surface area is 201 Å². The van der Waals surface area contributed by atoms with Crippen molar-refractivity contribution in [1.82, 2.24) is 10.3 Å². The molecule has 0 aliphatic heterocycles. The van der Waals surface area contributed by atoms with Gasteiger partial charge in [0.05, 0.1) is 16.2 Å². The van der Waals surface area contributed by atoms with E-state index in [9.17, 15) is 18.7 Å². The highest BCUT2D eigenvalue weighted by molar-refractivity contribution is 7.80. The predicted molar refractivity (Wildman–Crippen MR) is 132 cm³/mol. The summed E-state index contributed by atoms with van der Waals surface area (Å²) in [6.45, 7) is 3.34. The predicted octanol–water partition coefficient (Wildman–Crippen LogP) is 6.12. The minimum atomic E-state index is -2.58. The molecule has 33 heavy (non-hydrogen) atoms. The second-order valence-electron chi connectivity index (χ2n) is 9.47. The molecule has 1 saturated carbocycles. The molecule has 3 aromatic rings. The maximum Gasteiger partial charge on any atom is 0.280 e. The number of thiazole rings is 1. The first-order valence-corrected chi connectivity index (χ1v) is 12.4. The van der Waals surface area contributed by atoms with E-state index >= 15 is 0 Å². The number of thiol groups is 1. The molecule has 0 radical (unpaired) electrons. The van der Waals surface area contributed by atoms with Crippen LogP contribution in [0.15, 0.2) is 41.3 Å². The monoisotopic (exact) mass is 490 g/mol. The molecule has 8 heteroatoms. The summed E-state index contributed by atoms with van der Waals surface area (Å²) in [7, 11) is 0. The molecule has 1 aliphatic rings. The van der Waals surface area contributed by atoms with Crippen molar-refractivity contribution in [2.24, 2.45) is 5.92 Å². The van der Waals surface area contributed by atoms with E-state index in [2.05, 4.69) is 22.9 Å². The zero-order chi connectivity index (χ0) is 23.8. The summed E-state index contributed by atoms with van der Waals surface area (Å²) < 4.78 is 27.3. The number of amides is 1. The zero-order valence-electron chi connectivity index (χ0n) is 18.7. The minimum absolute atomic E-state index is 0.102. The van der Waals surface area contributed by atoms with Crippen LogP contribution in [-0.4, -0.2) is 34.1 Å². The van der Waals surface area contributed by atoms with Crippen LogP contribution in [0.25, 0.3) is 21.2 Å². The van der Waals surface area contributed by atoms with E-state index in [0.717, 1.165) is 31.8 Å². The maximum atomic E-state index is 13.7. The number of hydrogen-bond acceptors (Lipinski definition) is 5. The van der Waals surface area contributed by atoms with Crippen molar-refractivity contribution < 1.29 is 18.7 Å². The summed E-state index contributed by atoms with van der Waals surface area (Å²) in [6.07, 6.45) is 1.24. The molecule has 0 saturated heterocycles. The lowest BCUT2D eigenvalue weighted by atomic mass is 9.83. The number of fused-ring (bicyclic) bond motifs is 1. The first-order valence-electron chi connectivity index (χ1n) is 11.1. The van der Waals surface area contributed by atoms with E-state index in [4.69, 9.17) is 0 Å². The molecule has 2 aromatic carbocycles. The molecule has 1 amide bonds. The standard InChI is InChI=1S/C25H28F2N2O2S2/c1-24(2,31)14-28-22(30)23-29-19(13-15-9-11-25(26,27)12-10-15)21(33-23)18-7-8-20(32)17-6-4-3-5-16(17)18/h3-8,15,31-32H,9-14H2,1-2H3,(H,28,30). The van der Waals surface area contributed by atoms with E-state index in [-0.39, 0.29) is 31.2 Å². The van der Waals surface area contributed by atoms with Gasteiger partial charge in [-0.2, -0.15) is 0 Å². The number of alkyl halides is 2. The van der Waals surface area contributed by atoms with Crippen molar-refractivity contribution in [2.75, 3.05) is 6.54 Å². The van der Waals surface area contributed by atoms with Gasteiger partial charge in [-0.15, -0.1) is 24.0 Å². The van der Waals surface area contributed by atoms with E-state index < -0.39 is 11.5 Å². The van der Waals surface area contributed by atoms with Crippen molar-refractivity contribution in [3.8, 4) is 10.4 Å². The van der Waals surface area contributed by atoms with Gasteiger partial charge in [-0.05, 0) is 55.9 Å². The summed E-state index contributed by atoms with van der Waals surface area (Å²) in [6, 6.07) is 11.8. The highest BCUT2D eigenvalue weighted by Crippen LogP contribution is 2.41. The van der Waals surface area contributed by atoms with Crippen molar-refractivity contribution in [1.29, 1.82) is 0 Å². The Bertz CT molecular complexity index is 1160. The Morgan fingerprint density at radius 2 is 1.88 bits per heavy atom. The van der Waals surface area contributed by atoms with Gasteiger partial charge in [-0.1, -0.05) is 30.3 Å². The molecule has 0 spiro atoms. The van der Waals surface area contributed by atoms with Gasteiger partial charge in [-0.25, -0.2) is 13.8 Å². The molecule has 4 rings (SSSR count). The number of aliphatic hydroxyl groups is 1. The quantitative estimate of drug-likeness (QED) is 0.365. The van der Waals surface area contributed by atoms with Crippen LogP contribution in [0.4, 0.5) is 8.78 Å². The molecule has 4 nitrogen and oxygen atoms in total. The van der Waals surface area contributed by atoms with Crippen LogP contribution >= 0.6 is 24.0 Å². The number of hydrogen-bond donors (Lipinski definition) is 3. The Kier molecular flexibility index (Phi) is 6.80. The highest BCUT2D eigenvalue weighted by Gasteiger charge is 2.35. The molecule has 2 N–H and O–H groups in total. The first kappa shape index (κ1) is 24.1. The van der Waals surface area contributed by atoms with Crippen LogP contribution in [0.2, 0.25) is 0 Å². The maximum absolute atomic E-state index is 13.7. The van der Waals surface area contributed by atoms with Crippen LogP contribution < -0.4 is 5.32 Å². The molecule has 0 unspecified atom stereocenters. The zero-order valence-corrected chi connectivity index (χ0v) is 20.4. The number of nitrogens with zero attached hydrogens (tertiary/aromatic N) is 1. The van der Waals surface area contributed by atoms with E-state index in [1.165, 1.54) is 11.3 Å². The smallest absolute Gasteiger partial charge is 0.280 e. The van der Waals surface area contributed by atoms with Crippen LogP contribution in [0, 0.1) is 5.92 Å². The molecule has 1 aromatic heterocycles. The number of benzene rings is 2. The summed E-state index contributed by atoms with van der Waals surface area (Å²) >= 11 is 5.88. The summed E-state index contributed by atoms with van der Waals surface area (Å²) in [5, 5.41) is 15.0. The normalized spacial score (nSPS) is 16.8. The van der Waals surface area contributed by atoms with Gasteiger partial charge in [0.25, 0.3) is 5.91 Å². The molecule has 176 valence electrons. The lowest BCUT2D eigenvalue weighted by Gasteiger charge is -2.28. The van der Waals surface area contributed by atoms with Gasteiger partial charge in [0.2, 0.25) is 5.92 Å². The number of nitrogens with one attached hydrogen (secondary N) is 1. The summed E-state index contributed by atoms with van der Waals surface area (Å²) in [5.41, 5.74) is 0.684. The fourth-order valence-electron chi connectivity index (χ4n) is 4.23. The van der Waals surface area contributed by atoms with Crippen LogP contribution in [-0.2, 0) is 6.42 Å². The molecule has 1 fully saturated rings. The third kappa shape index (κ3) is 5.73. The number of carbonyl (C=O) groups excluding carboxylic acids is 1. The number of halogens is 2. The largest absolute Gasteiger partial charge is 0.389 e. The summed E-state index contributed by atoms with van der Waals surface area (Å²) in [5.74, 6) is -2.82. The average Bonchev–Trinajstić information content (AvgIpc) is 3.17. The Hall–Kier alpha value is -2.03. The first-order chi connectivity index (χ1) is 15.5. The third-order valence-electron chi connectivity index (χ3n) is 6.04. The van der Waals surface area contributed by atoms with Crippen LogP contribution in [0.3, 0.4) is 0 Å². The Balaban J connectivity index is 1.71. The highest BCUT2D eigenvalue weighted by atomic mass is 32.1. The van der Waals surface area contributed by atoms with Crippen LogP contribution in [0.1, 0.15) is 55.0 Å². The van der Waals surface area contributed by atoms with Gasteiger partial charge in [0.1, 0.15) is 0 Å². The number of rotatable bonds is 6. The van der Waals surface area contributed by atoms with Crippen molar-refractivity contribution in [3.63, 3.8) is 0 Å². The average molecular weight is 491 g/mol. The molecular weight excluding hydrogens is 462 g/mol. The summed E-state index contributed by atoms with van der Waals surface area (Å²) in [4.78, 5) is 19.2. The van der Waals surface area contributed by atoms with Gasteiger partial charge in [0.15, 0.2) is 5.01 Å². The molecule has 0 atom stereocenters. The van der Waals surface area contributed by atoms with Crippen molar-refractivity contribution in [2.45, 2.75) is 62.4 Å². The van der Waals surface area contributed by atoms with E-state index in [1.54, 1.807) is 13.8 Å². The molecule has 0 bridgehead atoms. The van der Waals surface area contributed by atoms with Crippen LogP contribution in [0.5, 0.6) is 0 Å². The third-order valence-corrected chi connectivity index (χ3v) is 7.56. The van der Waals surface area contributed by atoms with Gasteiger partial charge >= 0.3 is 0 Å². The molecular formula is C25H28F2N2O2S2. The lowest BCUT2D eigenvalue weighted by molar-refractivity contribution is -0.0457. The molecule has 1 aliphatic carbocycles. The molecule has 1 heterocycles. The van der Waals surface area contributed by atoms with Crippen molar-refractivity contribution in [3.05, 3.63) is 47.1 Å². The second-order valence-corrected chi connectivity index (χ2v) is 11.0. The van der Waals surface area contributed by atoms with E-state index in [0.29, 0.717) is 24.3 Å². The number of carbonyl (C=O) groups is 1. The lowest BCUT2D eigenvalue weighted by Crippen LogP contribution is -2.38. The number of aromatic nitrogens is 1. The SMILES string of the molecule is CC(C)(O)CNC(=O)c1nc(CC2CCC(F)(F)CC2)c(-c2ccc(S)c3ccccc23)s1.